The van der Waals surface area contributed by atoms with Gasteiger partial charge < -0.3 is 19.8 Å². The van der Waals surface area contributed by atoms with Crippen molar-refractivity contribution in [2.75, 3.05) is 0 Å². The average molecular weight is 360 g/mol. The summed E-state index contributed by atoms with van der Waals surface area (Å²) in [5.74, 6) is -2.92. The Hall–Kier alpha value is -1.84. The Balaban J connectivity index is 3.56. The molecule has 0 aromatic heterocycles. The number of hydrogen-bond donors (Lipinski definition) is 0. The topological polar surface area (TPSA) is 80.3 Å². The molecular formula is C22H32O4-2. The van der Waals surface area contributed by atoms with E-state index in [0.29, 0.717) is 18.4 Å². The summed E-state index contributed by atoms with van der Waals surface area (Å²) in [5, 5.41) is 23.3. The third kappa shape index (κ3) is 5.86. The number of benzene rings is 1. The molecule has 146 valence electrons. The number of carbonyl (C=O) groups excluding carboxylic acids is 2. The molecule has 0 heterocycles. The molecule has 0 saturated heterocycles. The Morgan fingerprint density at radius 1 is 0.846 bits per heavy atom. The van der Waals surface area contributed by atoms with Crippen molar-refractivity contribution in [1.29, 1.82) is 0 Å². The van der Waals surface area contributed by atoms with Crippen LogP contribution in [-0.4, -0.2) is 11.9 Å². The van der Waals surface area contributed by atoms with Crippen LogP contribution in [0.25, 0.3) is 0 Å². The van der Waals surface area contributed by atoms with Crippen molar-refractivity contribution in [2.24, 2.45) is 10.8 Å². The summed E-state index contributed by atoms with van der Waals surface area (Å²) in [5.41, 5.74) is 0.868. The molecule has 26 heavy (non-hydrogen) atoms. The fourth-order valence-electron chi connectivity index (χ4n) is 3.99. The molecule has 4 heteroatoms. The number of carboxylic acids is 2. The van der Waals surface area contributed by atoms with Gasteiger partial charge >= 0.3 is 0 Å². The minimum Gasteiger partial charge on any atom is -0.545 e. The molecule has 4 nitrogen and oxygen atoms in total. The predicted octanol–water partition coefficient (Wildman–Crippen LogP) is 3.15. The van der Waals surface area contributed by atoms with Crippen molar-refractivity contribution in [1.82, 2.24) is 0 Å². The third-order valence-corrected chi connectivity index (χ3v) is 5.01. The Bertz CT molecular complexity index is 656. The van der Waals surface area contributed by atoms with E-state index in [2.05, 4.69) is 41.5 Å². The van der Waals surface area contributed by atoms with Crippen molar-refractivity contribution >= 4 is 11.9 Å². The van der Waals surface area contributed by atoms with Crippen LogP contribution in [0.2, 0.25) is 0 Å². The van der Waals surface area contributed by atoms with E-state index in [9.17, 15) is 19.8 Å². The maximum absolute atomic E-state index is 11.8. The van der Waals surface area contributed by atoms with Crippen LogP contribution in [0.3, 0.4) is 0 Å². The normalized spacial score (nSPS) is 12.2. The SMILES string of the molecule is CCCC(C)(C)Cc1ccc(C(=O)[O-])c(C(=O)[O-])c1CC(C)(C)CCC. The Morgan fingerprint density at radius 2 is 1.35 bits per heavy atom. The van der Waals surface area contributed by atoms with Crippen molar-refractivity contribution < 1.29 is 19.8 Å². The zero-order chi connectivity index (χ0) is 20.1. The largest absolute Gasteiger partial charge is 0.545 e. The first-order valence-corrected chi connectivity index (χ1v) is 9.51. The highest BCUT2D eigenvalue weighted by Crippen LogP contribution is 2.35. The van der Waals surface area contributed by atoms with Crippen LogP contribution < -0.4 is 10.2 Å². The zero-order valence-corrected chi connectivity index (χ0v) is 17.0. The molecule has 0 atom stereocenters. The lowest BCUT2D eigenvalue weighted by molar-refractivity contribution is -0.259. The van der Waals surface area contributed by atoms with Crippen LogP contribution in [0.1, 0.15) is 99.1 Å². The molecule has 0 unspecified atom stereocenters. The Morgan fingerprint density at radius 3 is 1.77 bits per heavy atom. The molecule has 0 fully saturated rings. The fourth-order valence-corrected chi connectivity index (χ4v) is 3.99. The minimum absolute atomic E-state index is 0.00455. The molecule has 0 saturated carbocycles. The van der Waals surface area contributed by atoms with Gasteiger partial charge in [-0.25, -0.2) is 0 Å². The van der Waals surface area contributed by atoms with Gasteiger partial charge in [-0.3, -0.25) is 0 Å². The van der Waals surface area contributed by atoms with Crippen LogP contribution in [0.15, 0.2) is 12.1 Å². The number of aromatic carboxylic acids is 2. The lowest BCUT2D eigenvalue weighted by Gasteiger charge is -2.31. The van der Waals surface area contributed by atoms with Gasteiger partial charge in [0.05, 0.1) is 11.9 Å². The zero-order valence-electron chi connectivity index (χ0n) is 17.0. The van der Waals surface area contributed by atoms with Crippen LogP contribution in [0.5, 0.6) is 0 Å². The van der Waals surface area contributed by atoms with Crippen LogP contribution in [0, 0.1) is 10.8 Å². The van der Waals surface area contributed by atoms with E-state index in [1.807, 2.05) is 0 Å². The lowest BCUT2D eigenvalue weighted by atomic mass is 9.74. The van der Waals surface area contributed by atoms with Gasteiger partial charge in [-0.05, 0) is 47.6 Å². The molecule has 0 radical (unpaired) electrons. The van der Waals surface area contributed by atoms with Gasteiger partial charge in [0.15, 0.2) is 0 Å². The first-order chi connectivity index (χ1) is 11.9. The number of hydrogen-bond acceptors (Lipinski definition) is 4. The molecule has 0 aliphatic heterocycles. The quantitative estimate of drug-likeness (QED) is 0.642. The smallest absolute Gasteiger partial charge is 0.0724 e. The molecule has 0 bridgehead atoms. The molecule has 1 aromatic rings. The van der Waals surface area contributed by atoms with E-state index in [1.165, 1.54) is 6.07 Å². The summed E-state index contributed by atoms with van der Waals surface area (Å²) in [7, 11) is 0. The van der Waals surface area contributed by atoms with E-state index >= 15 is 0 Å². The standard InChI is InChI=1S/C22H34O4/c1-7-11-21(3,4)13-15-9-10-16(19(23)24)18(20(25)26)17(15)14-22(5,6)12-8-2/h9-10H,7-8,11-14H2,1-6H3,(H,23,24)(H,25,26)/p-2. The summed E-state index contributed by atoms with van der Waals surface area (Å²) < 4.78 is 0. The molecule has 0 aliphatic carbocycles. The van der Waals surface area contributed by atoms with Crippen molar-refractivity contribution in [3.63, 3.8) is 0 Å². The summed E-state index contributed by atoms with van der Waals surface area (Å²) in [6, 6.07) is 3.11. The van der Waals surface area contributed by atoms with Gasteiger partial charge in [-0.15, -0.1) is 0 Å². The van der Waals surface area contributed by atoms with Gasteiger partial charge in [0.1, 0.15) is 0 Å². The first kappa shape index (κ1) is 22.2. The van der Waals surface area contributed by atoms with E-state index in [4.69, 9.17) is 0 Å². The van der Waals surface area contributed by atoms with Gasteiger partial charge in [0.2, 0.25) is 0 Å². The van der Waals surface area contributed by atoms with Gasteiger partial charge in [-0.1, -0.05) is 66.5 Å². The molecule has 1 aromatic carbocycles. The van der Waals surface area contributed by atoms with Crippen molar-refractivity contribution in [3.05, 3.63) is 34.4 Å². The third-order valence-electron chi connectivity index (χ3n) is 5.01. The van der Waals surface area contributed by atoms with Gasteiger partial charge in [-0.2, -0.15) is 0 Å². The van der Waals surface area contributed by atoms with E-state index in [-0.39, 0.29) is 22.0 Å². The molecule has 0 amide bonds. The highest BCUT2D eigenvalue weighted by atomic mass is 16.4. The maximum Gasteiger partial charge on any atom is 0.0724 e. The van der Waals surface area contributed by atoms with Gasteiger partial charge in [0.25, 0.3) is 0 Å². The monoisotopic (exact) mass is 360 g/mol. The highest BCUT2D eigenvalue weighted by molar-refractivity contribution is 6.01. The number of rotatable bonds is 10. The second kappa shape index (κ2) is 8.70. The molecule has 0 spiro atoms. The second-order valence-corrected chi connectivity index (χ2v) is 8.88. The van der Waals surface area contributed by atoms with Crippen molar-refractivity contribution in [2.45, 2.75) is 80.1 Å². The summed E-state index contributed by atoms with van der Waals surface area (Å²) in [6.07, 6.45) is 5.15. The molecule has 1 rings (SSSR count). The van der Waals surface area contributed by atoms with E-state index < -0.39 is 11.9 Å². The van der Waals surface area contributed by atoms with Crippen LogP contribution in [0.4, 0.5) is 0 Å². The Labute approximate surface area is 157 Å². The van der Waals surface area contributed by atoms with Crippen LogP contribution >= 0.6 is 0 Å². The fraction of sp³-hybridized carbons (Fsp3) is 0.636. The Kier molecular flexibility index (Phi) is 7.43. The lowest BCUT2D eigenvalue weighted by Crippen LogP contribution is -2.33. The van der Waals surface area contributed by atoms with Gasteiger partial charge in [0, 0.05) is 11.1 Å². The number of carboxylic acid groups (broad SMARTS) is 2. The van der Waals surface area contributed by atoms with E-state index in [1.54, 1.807) is 6.07 Å². The molecule has 0 aliphatic rings. The number of carbonyl (C=O) groups is 2. The minimum atomic E-state index is -1.47. The maximum atomic E-state index is 11.8. The summed E-state index contributed by atoms with van der Waals surface area (Å²) in [6.45, 7) is 12.7. The highest BCUT2D eigenvalue weighted by Gasteiger charge is 2.26. The average Bonchev–Trinajstić information content (AvgIpc) is 2.47. The summed E-state index contributed by atoms with van der Waals surface area (Å²) >= 11 is 0. The summed E-state index contributed by atoms with van der Waals surface area (Å²) in [4.78, 5) is 23.3. The second-order valence-electron chi connectivity index (χ2n) is 8.88. The molecular weight excluding hydrogens is 328 g/mol. The van der Waals surface area contributed by atoms with Crippen LogP contribution in [-0.2, 0) is 12.8 Å². The predicted molar refractivity (Wildman–Crippen MR) is 99.9 cm³/mol. The first-order valence-electron chi connectivity index (χ1n) is 9.51. The van der Waals surface area contributed by atoms with E-state index in [0.717, 1.165) is 31.2 Å². The van der Waals surface area contributed by atoms with Crippen molar-refractivity contribution in [3.8, 4) is 0 Å². The molecule has 0 N–H and O–H groups in total.